The van der Waals surface area contributed by atoms with E-state index in [1.54, 1.807) is 0 Å². The van der Waals surface area contributed by atoms with Crippen molar-refractivity contribution in [3.05, 3.63) is 12.2 Å². The molecule has 1 aliphatic heterocycles. The van der Waals surface area contributed by atoms with Crippen LogP contribution in [0.4, 0.5) is 0 Å². The van der Waals surface area contributed by atoms with Crippen molar-refractivity contribution in [1.82, 2.24) is 10.2 Å². The molecule has 1 saturated carbocycles. The van der Waals surface area contributed by atoms with Crippen LogP contribution in [-0.2, 0) is 0 Å². The Morgan fingerprint density at radius 1 is 1.16 bits per heavy atom. The number of nitrogens with zero attached hydrogens (tertiary/aromatic N) is 1. The molecule has 4 atom stereocenters. The Morgan fingerprint density at radius 2 is 1.95 bits per heavy atom. The SMILES string of the molecule is CC(C)C(CNCC1CC2C=CC1C2)N1CCCC1. The van der Waals surface area contributed by atoms with Crippen LogP contribution in [-0.4, -0.2) is 37.1 Å². The summed E-state index contributed by atoms with van der Waals surface area (Å²) in [5.74, 6) is 3.49. The molecule has 2 aliphatic carbocycles. The predicted molar refractivity (Wildman–Crippen MR) is 81.1 cm³/mol. The number of hydrogen-bond acceptors (Lipinski definition) is 2. The summed E-state index contributed by atoms with van der Waals surface area (Å²) in [5, 5.41) is 3.79. The van der Waals surface area contributed by atoms with Crippen molar-refractivity contribution >= 4 is 0 Å². The van der Waals surface area contributed by atoms with E-state index < -0.39 is 0 Å². The standard InChI is InChI=1S/C17H30N2/c1-13(2)17(19-7-3-4-8-19)12-18-11-16-10-14-5-6-15(16)9-14/h5-6,13-18H,3-4,7-12H2,1-2H3. The van der Waals surface area contributed by atoms with E-state index in [9.17, 15) is 0 Å². The summed E-state index contributed by atoms with van der Waals surface area (Å²) in [6.45, 7) is 9.83. The molecule has 0 amide bonds. The third-order valence-electron chi connectivity index (χ3n) is 5.56. The summed E-state index contributed by atoms with van der Waals surface area (Å²) in [4.78, 5) is 2.71. The Bertz CT molecular complexity index is 317. The van der Waals surface area contributed by atoms with Crippen LogP contribution in [0, 0.1) is 23.7 Å². The van der Waals surface area contributed by atoms with Crippen molar-refractivity contribution < 1.29 is 0 Å². The van der Waals surface area contributed by atoms with Crippen molar-refractivity contribution in [2.75, 3.05) is 26.2 Å². The van der Waals surface area contributed by atoms with Crippen LogP contribution in [0.15, 0.2) is 12.2 Å². The van der Waals surface area contributed by atoms with E-state index in [2.05, 4.69) is 36.2 Å². The lowest BCUT2D eigenvalue weighted by Crippen LogP contribution is -2.45. The van der Waals surface area contributed by atoms with Crippen LogP contribution in [0.25, 0.3) is 0 Å². The van der Waals surface area contributed by atoms with E-state index in [-0.39, 0.29) is 0 Å². The van der Waals surface area contributed by atoms with E-state index in [0.717, 1.165) is 29.7 Å². The first kappa shape index (κ1) is 13.6. The lowest BCUT2D eigenvalue weighted by atomic mass is 9.93. The van der Waals surface area contributed by atoms with Gasteiger partial charge in [-0.15, -0.1) is 0 Å². The summed E-state index contributed by atoms with van der Waals surface area (Å²) in [6, 6.07) is 0.747. The molecule has 1 N–H and O–H groups in total. The number of nitrogens with one attached hydrogen (secondary N) is 1. The van der Waals surface area contributed by atoms with E-state index >= 15 is 0 Å². The van der Waals surface area contributed by atoms with Crippen LogP contribution >= 0.6 is 0 Å². The number of hydrogen-bond donors (Lipinski definition) is 1. The fourth-order valence-corrected chi connectivity index (χ4v) is 4.41. The van der Waals surface area contributed by atoms with E-state index in [0.29, 0.717) is 0 Å². The average Bonchev–Trinajstić information content (AvgIpc) is 3.10. The number of allylic oxidation sites excluding steroid dienone is 2. The van der Waals surface area contributed by atoms with Gasteiger partial charge >= 0.3 is 0 Å². The molecule has 2 nitrogen and oxygen atoms in total. The van der Waals surface area contributed by atoms with Gasteiger partial charge in [-0.05, 0) is 69.0 Å². The highest BCUT2D eigenvalue weighted by molar-refractivity contribution is 5.10. The van der Waals surface area contributed by atoms with Crippen molar-refractivity contribution in [3.8, 4) is 0 Å². The second kappa shape index (κ2) is 5.97. The smallest absolute Gasteiger partial charge is 0.0243 e. The lowest BCUT2D eigenvalue weighted by Gasteiger charge is -2.32. The Balaban J connectivity index is 1.43. The molecule has 0 radical (unpaired) electrons. The van der Waals surface area contributed by atoms with Gasteiger partial charge in [-0.1, -0.05) is 26.0 Å². The minimum absolute atomic E-state index is 0.747. The Kier molecular flexibility index (Phi) is 4.28. The molecule has 3 rings (SSSR count). The summed E-state index contributed by atoms with van der Waals surface area (Å²) < 4.78 is 0. The number of rotatable bonds is 6. The van der Waals surface area contributed by atoms with Crippen LogP contribution in [0.1, 0.15) is 39.5 Å². The van der Waals surface area contributed by atoms with Gasteiger partial charge in [-0.2, -0.15) is 0 Å². The monoisotopic (exact) mass is 262 g/mol. The molecule has 0 aromatic heterocycles. The summed E-state index contributed by atoms with van der Waals surface area (Å²) in [5.41, 5.74) is 0. The van der Waals surface area contributed by atoms with Gasteiger partial charge in [0.1, 0.15) is 0 Å². The zero-order valence-electron chi connectivity index (χ0n) is 12.6. The molecule has 4 unspecified atom stereocenters. The van der Waals surface area contributed by atoms with Crippen molar-refractivity contribution in [1.29, 1.82) is 0 Å². The zero-order valence-corrected chi connectivity index (χ0v) is 12.6. The summed E-state index contributed by atoms with van der Waals surface area (Å²) in [6.07, 6.45) is 10.6. The van der Waals surface area contributed by atoms with Crippen LogP contribution in [0.3, 0.4) is 0 Å². The summed E-state index contributed by atoms with van der Waals surface area (Å²) >= 11 is 0. The molecule has 19 heavy (non-hydrogen) atoms. The summed E-state index contributed by atoms with van der Waals surface area (Å²) in [7, 11) is 0. The van der Waals surface area contributed by atoms with Crippen molar-refractivity contribution in [2.24, 2.45) is 23.7 Å². The van der Waals surface area contributed by atoms with Crippen LogP contribution in [0.5, 0.6) is 0 Å². The third kappa shape index (κ3) is 3.05. The van der Waals surface area contributed by atoms with E-state index in [1.807, 2.05) is 0 Å². The first-order valence-electron chi connectivity index (χ1n) is 8.37. The van der Waals surface area contributed by atoms with Crippen LogP contribution in [0.2, 0.25) is 0 Å². The quantitative estimate of drug-likeness (QED) is 0.741. The predicted octanol–water partition coefficient (Wildman–Crippen LogP) is 2.91. The molecule has 0 aromatic carbocycles. The highest BCUT2D eigenvalue weighted by Crippen LogP contribution is 2.42. The molecule has 2 heteroatoms. The maximum absolute atomic E-state index is 3.79. The maximum atomic E-state index is 3.79. The van der Waals surface area contributed by atoms with Crippen molar-refractivity contribution in [2.45, 2.75) is 45.6 Å². The fraction of sp³-hybridized carbons (Fsp3) is 0.882. The molecule has 1 heterocycles. The first-order chi connectivity index (χ1) is 9.24. The van der Waals surface area contributed by atoms with Gasteiger partial charge in [-0.3, -0.25) is 4.90 Å². The Labute approximate surface area is 118 Å². The fourth-order valence-electron chi connectivity index (χ4n) is 4.41. The molecule has 2 fully saturated rings. The molecule has 1 saturated heterocycles. The zero-order chi connectivity index (χ0) is 13.2. The van der Waals surface area contributed by atoms with Crippen molar-refractivity contribution in [3.63, 3.8) is 0 Å². The number of likely N-dealkylation sites (tertiary alicyclic amines) is 1. The van der Waals surface area contributed by atoms with E-state index in [1.165, 1.54) is 51.9 Å². The molecular weight excluding hydrogens is 232 g/mol. The minimum atomic E-state index is 0.747. The Morgan fingerprint density at radius 3 is 2.53 bits per heavy atom. The highest BCUT2D eigenvalue weighted by atomic mass is 15.2. The van der Waals surface area contributed by atoms with E-state index in [4.69, 9.17) is 0 Å². The molecule has 108 valence electrons. The second-order valence-corrected chi connectivity index (χ2v) is 7.25. The van der Waals surface area contributed by atoms with Crippen LogP contribution < -0.4 is 5.32 Å². The van der Waals surface area contributed by atoms with Gasteiger partial charge < -0.3 is 5.32 Å². The second-order valence-electron chi connectivity index (χ2n) is 7.25. The normalized spacial score (nSPS) is 35.6. The van der Waals surface area contributed by atoms with Gasteiger partial charge in [0.25, 0.3) is 0 Å². The molecule has 0 aromatic rings. The third-order valence-corrected chi connectivity index (χ3v) is 5.56. The van der Waals surface area contributed by atoms with Gasteiger partial charge in [0.15, 0.2) is 0 Å². The highest BCUT2D eigenvalue weighted by Gasteiger charge is 2.35. The first-order valence-corrected chi connectivity index (χ1v) is 8.37. The lowest BCUT2D eigenvalue weighted by molar-refractivity contribution is 0.183. The number of fused-ring (bicyclic) bond motifs is 2. The van der Waals surface area contributed by atoms with Gasteiger partial charge in [0, 0.05) is 12.6 Å². The topological polar surface area (TPSA) is 15.3 Å². The Hall–Kier alpha value is -0.340. The molecule has 3 aliphatic rings. The van der Waals surface area contributed by atoms with Gasteiger partial charge in [-0.25, -0.2) is 0 Å². The minimum Gasteiger partial charge on any atom is -0.315 e. The van der Waals surface area contributed by atoms with Gasteiger partial charge in [0.05, 0.1) is 0 Å². The molecular formula is C17H30N2. The maximum Gasteiger partial charge on any atom is 0.0243 e. The molecule has 2 bridgehead atoms. The largest absolute Gasteiger partial charge is 0.315 e. The average molecular weight is 262 g/mol. The van der Waals surface area contributed by atoms with Gasteiger partial charge in [0.2, 0.25) is 0 Å². The molecule has 0 spiro atoms.